The van der Waals surface area contributed by atoms with Gasteiger partial charge in [-0.3, -0.25) is 4.79 Å². The van der Waals surface area contributed by atoms with Gasteiger partial charge in [0.2, 0.25) is 0 Å². The number of aromatic amines is 1. The molecule has 1 aromatic heterocycles. The molecule has 96 valence electrons. The van der Waals surface area contributed by atoms with Crippen molar-refractivity contribution in [1.29, 1.82) is 0 Å². The van der Waals surface area contributed by atoms with Crippen LogP contribution in [0.4, 0.5) is 0 Å². The minimum atomic E-state index is -1.30. The summed E-state index contributed by atoms with van der Waals surface area (Å²) in [5, 5.41) is 22.0. The highest BCUT2D eigenvalue weighted by atomic mass is 16.3. The standard InChI is InChI=1S/C13H16N2O3/c1-13(18,8-16)7-15-12(17)10-3-2-4-11-9(10)5-6-14-11/h2-6,14,16,18H,7-8H2,1H3,(H,15,17). The van der Waals surface area contributed by atoms with Crippen LogP contribution in [0.3, 0.4) is 0 Å². The molecule has 0 spiro atoms. The van der Waals surface area contributed by atoms with Gasteiger partial charge >= 0.3 is 0 Å². The number of carbonyl (C=O) groups is 1. The average Bonchev–Trinajstić information content (AvgIpc) is 2.84. The van der Waals surface area contributed by atoms with Gasteiger partial charge in [-0.1, -0.05) is 6.07 Å². The maximum absolute atomic E-state index is 12.0. The number of aliphatic hydroxyl groups excluding tert-OH is 1. The Kier molecular flexibility index (Phi) is 3.36. The van der Waals surface area contributed by atoms with Crippen LogP contribution >= 0.6 is 0 Å². The Hall–Kier alpha value is -1.85. The number of hydrogen-bond acceptors (Lipinski definition) is 3. The van der Waals surface area contributed by atoms with Gasteiger partial charge in [0, 0.05) is 29.2 Å². The molecule has 0 radical (unpaired) electrons. The van der Waals surface area contributed by atoms with Crippen LogP contribution in [0.2, 0.25) is 0 Å². The lowest BCUT2D eigenvalue weighted by Crippen LogP contribution is -2.43. The third kappa shape index (κ3) is 2.52. The molecule has 2 aromatic rings. The molecule has 5 heteroatoms. The summed E-state index contributed by atoms with van der Waals surface area (Å²) in [6.45, 7) is 1.06. The highest BCUT2D eigenvalue weighted by Crippen LogP contribution is 2.17. The minimum Gasteiger partial charge on any atom is -0.393 e. The first kappa shape index (κ1) is 12.6. The number of nitrogens with one attached hydrogen (secondary N) is 2. The van der Waals surface area contributed by atoms with E-state index in [0.29, 0.717) is 5.56 Å². The summed E-state index contributed by atoms with van der Waals surface area (Å²) in [5.74, 6) is -0.270. The van der Waals surface area contributed by atoms with Crippen molar-refractivity contribution in [2.24, 2.45) is 0 Å². The Balaban J connectivity index is 2.17. The third-order valence-corrected chi connectivity index (χ3v) is 2.81. The van der Waals surface area contributed by atoms with Gasteiger partial charge in [0.15, 0.2) is 0 Å². The monoisotopic (exact) mass is 248 g/mol. The maximum Gasteiger partial charge on any atom is 0.252 e. The van der Waals surface area contributed by atoms with E-state index < -0.39 is 12.2 Å². The first-order valence-electron chi connectivity index (χ1n) is 5.71. The summed E-state index contributed by atoms with van der Waals surface area (Å²) in [6.07, 6.45) is 1.77. The first-order valence-corrected chi connectivity index (χ1v) is 5.71. The van der Waals surface area contributed by atoms with E-state index in [1.165, 1.54) is 6.92 Å². The number of benzene rings is 1. The summed E-state index contributed by atoms with van der Waals surface area (Å²) in [7, 11) is 0. The van der Waals surface area contributed by atoms with Gasteiger partial charge in [-0.25, -0.2) is 0 Å². The van der Waals surface area contributed by atoms with Crippen LogP contribution in [0.5, 0.6) is 0 Å². The predicted octanol–water partition coefficient (Wildman–Crippen LogP) is 0.641. The lowest BCUT2D eigenvalue weighted by atomic mass is 10.1. The molecule has 0 aliphatic carbocycles. The number of H-pyrrole nitrogens is 1. The van der Waals surface area contributed by atoms with E-state index in [1.807, 2.05) is 12.1 Å². The topological polar surface area (TPSA) is 85.3 Å². The van der Waals surface area contributed by atoms with Crippen LogP contribution in [-0.4, -0.2) is 39.9 Å². The minimum absolute atomic E-state index is 0.00312. The smallest absolute Gasteiger partial charge is 0.252 e. The number of amides is 1. The van der Waals surface area contributed by atoms with Gasteiger partial charge in [-0.05, 0) is 25.1 Å². The van der Waals surface area contributed by atoms with Crippen LogP contribution < -0.4 is 5.32 Å². The molecule has 2 rings (SSSR count). The van der Waals surface area contributed by atoms with Crippen molar-refractivity contribution >= 4 is 16.8 Å². The molecule has 1 heterocycles. The molecule has 0 aliphatic rings. The molecule has 0 fully saturated rings. The predicted molar refractivity (Wildman–Crippen MR) is 68.3 cm³/mol. The largest absolute Gasteiger partial charge is 0.393 e. The van der Waals surface area contributed by atoms with Crippen molar-refractivity contribution in [2.75, 3.05) is 13.2 Å². The van der Waals surface area contributed by atoms with Gasteiger partial charge in [-0.15, -0.1) is 0 Å². The van der Waals surface area contributed by atoms with Crippen LogP contribution in [0.25, 0.3) is 10.9 Å². The number of aromatic nitrogens is 1. The maximum atomic E-state index is 12.0. The van der Waals surface area contributed by atoms with Gasteiger partial charge in [0.05, 0.1) is 6.61 Å². The Labute approximate surface area is 104 Å². The molecule has 0 saturated heterocycles. The number of aliphatic hydroxyl groups is 2. The second-order valence-electron chi connectivity index (χ2n) is 4.58. The summed E-state index contributed by atoms with van der Waals surface area (Å²) in [4.78, 5) is 15.0. The third-order valence-electron chi connectivity index (χ3n) is 2.81. The second-order valence-corrected chi connectivity index (χ2v) is 4.58. The van der Waals surface area contributed by atoms with Gasteiger partial charge in [-0.2, -0.15) is 0 Å². The van der Waals surface area contributed by atoms with Crippen molar-refractivity contribution in [3.05, 3.63) is 36.0 Å². The first-order chi connectivity index (χ1) is 8.53. The number of rotatable bonds is 4. The summed E-state index contributed by atoms with van der Waals surface area (Å²) in [6, 6.07) is 7.22. The van der Waals surface area contributed by atoms with Gasteiger partial charge < -0.3 is 20.5 Å². The Morgan fingerprint density at radius 2 is 2.22 bits per heavy atom. The van der Waals surface area contributed by atoms with Crippen LogP contribution in [0.15, 0.2) is 30.5 Å². The van der Waals surface area contributed by atoms with Crippen molar-refractivity contribution in [1.82, 2.24) is 10.3 Å². The fourth-order valence-electron chi connectivity index (χ4n) is 1.71. The molecule has 1 amide bonds. The second kappa shape index (κ2) is 4.80. The SMILES string of the molecule is CC(O)(CO)CNC(=O)c1cccc2[nH]ccc12. The molecule has 0 bridgehead atoms. The van der Waals surface area contributed by atoms with E-state index in [-0.39, 0.29) is 12.5 Å². The van der Waals surface area contributed by atoms with E-state index in [0.717, 1.165) is 10.9 Å². The zero-order chi connectivity index (χ0) is 13.2. The van der Waals surface area contributed by atoms with Crippen molar-refractivity contribution in [2.45, 2.75) is 12.5 Å². The molecule has 0 aliphatic heterocycles. The Morgan fingerprint density at radius 3 is 2.94 bits per heavy atom. The summed E-state index contributed by atoms with van der Waals surface area (Å²) in [5.41, 5.74) is 0.126. The normalized spacial score (nSPS) is 14.4. The average molecular weight is 248 g/mol. The number of fused-ring (bicyclic) bond motifs is 1. The van der Waals surface area contributed by atoms with E-state index in [9.17, 15) is 9.90 Å². The van der Waals surface area contributed by atoms with Gasteiger partial charge in [0.1, 0.15) is 5.60 Å². The van der Waals surface area contributed by atoms with Crippen molar-refractivity contribution in [3.63, 3.8) is 0 Å². The molecule has 4 N–H and O–H groups in total. The molecule has 5 nitrogen and oxygen atoms in total. The zero-order valence-corrected chi connectivity index (χ0v) is 10.1. The van der Waals surface area contributed by atoms with Crippen LogP contribution in [0, 0.1) is 0 Å². The van der Waals surface area contributed by atoms with E-state index in [1.54, 1.807) is 18.3 Å². The molecule has 1 aromatic carbocycles. The fraction of sp³-hybridized carbons (Fsp3) is 0.308. The number of hydrogen-bond donors (Lipinski definition) is 4. The highest BCUT2D eigenvalue weighted by Gasteiger charge is 2.20. The molecular weight excluding hydrogens is 232 g/mol. The lowest BCUT2D eigenvalue weighted by Gasteiger charge is -2.20. The zero-order valence-electron chi connectivity index (χ0n) is 10.1. The number of carbonyl (C=O) groups excluding carboxylic acids is 1. The fourth-order valence-corrected chi connectivity index (χ4v) is 1.71. The van der Waals surface area contributed by atoms with E-state index in [2.05, 4.69) is 10.3 Å². The Bertz CT molecular complexity index is 560. The lowest BCUT2D eigenvalue weighted by molar-refractivity contribution is 0.00321. The molecule has 1 atom stereocenters. The molecule has 1 unspecified atom stereocenters. The van der Waals surface area contributed by atoms with Crippen LogP contribution in [0.1, 0.15) is 17.3 Å². The van der Waals surface area contributed by atoms with Crippen LogP contribution in [-0.2, 0) is 0 Å². The summed E-state index contributed by atoms with van der Waals surface area (Å²) >= 11 is 0. The van der Waals surface area contributed by atoms with E-state index in [4.69, 9.17) is 5.11 Å². The van der Waals surface area contributed by atoms with Gasteiger partial charge in [0.25, 0.3) is 5.91 Å². The highest BCUT2D eigenvalue weighted by molar-refractivity contribution is 6.06. The van der Waals surface area contributed by atoms with E-state index >= 15 is 0 Å². The van der Waals surface area contributed by atoms with Crippen molar-refractivity contribution < 1.29 is 15.0 Å². The Morgan fingerprint density at radius 1 is 1.44 bits per heavy atom. The molecular formula is C13H16N2O3. The quantitative estimate of drug-likeness (QED) is 0.640. The molecule has 0 saturated carbocycles. The molecule has 18 heavy (non-hydrogen) atoms. The summed E-state index contributed by atoms with van der Waals surface area (Å²) < 4.78 is 0. The van der Waals surface area contributed by atoms with Crippen molar-refractivity contribution in [3.8, 4) is 0 Å².